The number of ether oxygens (including phenoxy) is 1. The van der Waals surface area contributed by atoms with Crippen molar-refractivity contribution in [2.24, 2.45) is 0 Å². The van der Waals surface area contributed by atoms with Crippen LogP contribution >= 0.6 is 0 Å². The summed E-state index contributed by atoms with van der Waals surface area (Å²) in [6, 6.07) is 49.2. The highest BCUT2D eigenvalue weighted by Crippen LogP contribution is 2.38. The molecule has 0 saturated carbocycles. The normalized spacial score (nSPS) is 11.3. The van der Waals surface area contributed by atoms with E-state index in [0.717, 1.165) is 28.3 Å². The molecule has 0 aliphatic carbocycles. The molecule has 6 aromatic rings. The molecular weight excluding hydrogens is 546 g/mol. The van der Waals surface area contributed by atoms with Crippen molar-refractivity contribution in [1.29, 1.82) is 0 Å². The number of anilines is 2. The highest BCUT2D eigenvalue weighted by Gasteiger charge is 2.17. The van der Waals surface area contributed by atoms with Crippen LogP contribution in [0.3, 0.4) is 0 Å². The van der Waals surface area contributed by atoms with E-state index in [-0.39, 0.29) is 0 Å². The number of allylic oxidation sites excluding steroid dienone is 2. The van der Waals surface area contributed by atoms with Crippen LogP contribution in [0.15, 0.2) is 158 Å². The second kappa shape index (κ2) is 13.8. The largest absolute Gasteiger partial charge is 0.497 e. The third kappa shape index (κ3) is 6.82. The summed E-state index contributed by atoms with van der Waals surface area (Å²) in [5.74, 6) is 0.860. The van der Waals surface area contributed by atoms with Gasteiger partial charge in [0.2, 0.25) is 0 Å². The smallest absolute Gasteiger partial charge is 0.118 e. The lowest BCUT2D eigenvalue weighted by Gasteiger charge is -2.27. The van der Waals surface area contributed by atoms with Gasteiger partial charge in [0, 0.05) is 22.8 Å². The molecule has 0 atom stereocenters. The number of fused-ring (bicyclic) bond motifs is 1. The van der Waals surface area contributed by atoms with Gasteiger partial charge in [-0.2, -0.15) is 0 Å². The van der Waals surface area contributed by atoms with Gasteiger partial charge in [-0.25, -0.2) is 0 Å². The first kappa shape index (κ1) is 29.5. The van der Waals surface area contributed by atoms with Gasteiger partial charge in [-0.3, -0.25) is 0 Å². The van der Waals surface area contributed by atoms with E-state index < -0.39 is 0 Å². The number of methoxy groups -OCH3 is 1. The fourth-order valence-electron chi connectivity index (χ4n) is 5.73. The van der Waals surface area contributed by atoms with E-state index in [4.69, 9.17) is 4.74 Å². The molecule has 0 N–H and O–H groups in total. The molecular formula is C43H37NO. The van der Waals surface area contributed by atoms with Crippen molar-refractivity contribution in [2.45, 2.75) is 13.8 Å². The Bertz CT molecular complexity index is 1940. The first-order valence-corrected chi connectivity index (χ1v) is 15.3. The maximum absolute atomic E-state index is 5.28. The Morgan fingerprint density at radius 1 is 0.578 bits per heavy atom. The van der Waals surface area contributed by atoms with Gasteiger partial charge in [-0.15, -0.1) is 0 Å². The molecule has 0 aliphatic rings. The summed E-state index contributed by atoms with van der Waals surface area (Å²) < 4.78 is 5.28. The zero-order valence-electron chi connectivity index (χ0n) is 26.0. The molecule has 0 saturated heterocycles. The average molecular weight is 584 g/mol. The highest BCUT2D eigenvalue weighted by molar-refractivity contribution is 6.02. The Balaban J connectivity index is 1.47. The maximum atomic E-state index is 5.28. The number of hydrogen-bond donors (Lipinski definition) is 0. The molecule has 0 radical (unpaired) electrons. The molecule has 0 amide bonds. The lowest BCUT2D eigenvalue weighted by atomic mass is 9.97. The van der Waals surface area contributed by atoms with E-state index in [1.54, 1.807) is 7.11 Å². The Hall–Kier alpha value is -5.60. The van der Waals surface area contributed by atoms with Crippen molar-refractivity contribution >= 4 is 39.9 Å². The standard InChI is InChI=1S/C43H37NO/c1-32-22-28-42(33(2)30-32)44(31-41(35-15-6-4-7-16-35)36-17-8-5-9-18-36)43-29-25-37(39-20-12-13-21-40(39)43)19-11-10-14-34-23-26-38(45-3)27-24-34/h4-31H,1-3H3/b14-10+,19-11+. The Kier molecular flexibility index (Phi) is 9.03. The monoisotopic (exact) mass is 583 g/mol. The summed E-state index contributed by atoms with van der Waals surface area (Å²) >= 11 is 0. The van der Waals surface area contributed by atoms with Crippen molar-refractivity contribution < 1.29 is 4.74 Å². The fourth-order valence-corrected chi connectivity index (χ4v) is 5.73. The molecule has 2 heteroatoms. The minimum Gasteiger partial charge on any atom is -0.497 e. The van der Waals surface area contributed by atoms with Gasteiger partial charge in [-0.1, -0.05) is 145 Å². The predicted octanol–water partition coefficient (Wildman–Crippen LogP) is 11.4. The zero-order valence-corrected chi connectivity index (χ0v) is 26.0. The van der Waals surface area contributed by atoms with Crippen LogP contribution in [0.5, 0.6) is 5.75 Å². The van der Waals surface area contributed by atoms with Gasteiger partial charge in [0.05, 0.1) is 12.8 Å². The van der Waals surface area contributed by atoms with Crippen molar-refractivity contribution in [3.8, 4) is 5.75 Å². The van der Waals surface area contributed by atoms with Crippen LogP contribution < -0.4 is 9.64 Å². The molecule has 0 spiro atoms. The Morgan fingerprint density at radius 2 is 1.18 bits per heavy atom. The second-order valence-corrected chi connectivity index (χ2v) is 11.1. The van der Waals surface area contributed by atoms with Gasteiger partial charge in [0.15, 0.2) is 0 Å². The summed E-state index contributed by atoms with van der Waals surface area (Å²) in [6.07, 6.45) is 10.8. The molecule has 6 aromatic carbocycles. The molecule has 0 bridgehead atoms. The van der Waals surface area contributed by atoms with Crippen molar-refractivity contribution in [3.63, 3.8) is 0 Å². The first-order valence-electron chi connectivity index (χ1n) is 15.3. The zero-order chi connectivity index (χ0) is 31.0. The van der Waals surface area contributed by atoms with E-state index >= 15 is 0 Å². The molecule has 0 aromatic heterocycles. The third-order valence-electron chi connectivity index (χ3n) is 8.03. The van der Waals surface area contributed by atoms with Crippen LogP contribution in [0.4, 0.5) is 11.4 Å². The van der Waals surface area contributed by atoms with Crippen LogP contribution in [-0.2, 0) is 0 Å². The summed E-state index contributed by atoms with van der Waals surface area (Å²) in [5.41, 5.74) is 10.6. The predicted molar refractivity (Wildman–Crippen MR) is 193 cm³/mol. The van der Waals surface area contributed by atoms with Crippen molar-refractivity contribution in [3.05, 3.63) is 191 Å². The van der Waals surface area contributed by atoms with E-state index in [9.17, 15) is 0 Å². The number of aryl methyl sites for hydroxylation is 2. The minimum absolute atomic E-state index is 0.860. The Labute approximate surface area is 266 Å². The van der Waals surface area contributed by atoms with Crippen LogP contribution in [-0.4, -0.2) is 7.11 Å². The summed E-state index contributed by atoms with van der Waals surface area (Å²) in [6.45, 7) is 4.35. The number of nitrogens with zero attached hydrogens (tertiary/aromatic N) is 1. The number of hydrogen-bond acceptors (Lipinski definition) is 2. The molecule has 0 fully saturated rings. The van der Waals surface area contributed by atoms with E-state index in [2.05, 4.69) is 177 Å². The van der Waals surface area contributed by atoms with Gasteiger partial charge < -0.3 is 9.64 Å². The third-order valence-corrected chi connectivity index (χ3v) is 8.03. The van der Waals surface area contributed by atoms with Crippen LogP contribution in [0.1, 0.15) is 33.4 Å². The van der Waals surface area contributed by atoms with Gasteiger partial charge >= 0.3 is 0 Å². The summed E-state index contributed by atoms with van der Waals surface area (Å²) in [4.78, 5) is 2.36. The fraction of sp³-hybridized carbons (Fsp3) is 0.0698. The first-order chi connectivity index (χ1) is 22.1. The van der Waals surface area contributed by atoms with E-state index in [1.165, 1.54) is 38.6 Å². The summed E-state index contributed by atoms with van der Waals surface area (Å²) in [7, 11) is 1.69. The van der Waals surface area contributed by atoms with Crippen LogP contribution in [0, 0.1) is 13.8 Å². The Morgan fingerprint density at radius 3 is 1.82 bits per heavy atom. The SMILES string of the molecule is COc1ccc(/C=C/C=C/c2ccc(N(C=C(c3ccccc3)c3ccccc3)c3ccc(C)cc3C)c3ccccc23)cc1. The van der Waals surface area contributed by atoms with E-state index in [0.29, 0.717) is 0 Å². The second-order valence-electron chi connectivity index (χ2n) is 11.1. The quantitative estimate of drug-likeness (QED) is 0.157. The number of benzene rings is 6. The van der Waals surface area contributed by atoms with Crippen molar-refractivity contribution in [1.82, 2.24) is 0 Å². The lowest BCUT2D eigenvalue weighted by Crippen LogP contribution is -2.12. The summed E-state index contributed by atoms with van der Waals surface area (Å²) in [5, 5.41) is 2.39. The number of rotatable bonds is 9. The molecule has 6 rings (SSSR count). The topological polar surface area (TPSA) is 12.5 Å². The molecule has 2 nitrogen and oxygen atoms in total. The molecule has 0 heterocycles. The maximum Gasteiger partial charge on any atom is 0.118 e. The molecule has 0 unspecified atom stereocenters. The minimum atomic E-state index is 0.860. The van der Waals surface area contributed by atoms with Crippen LogP contribution in [0.2, 0.25) is 0 Å². The van der Waals surface area contributed by atoms with Gasteiger partial charge in [0.25, 0.3) is 0 Å². The van der Waals surface area contributed by atoms with Gasteiger partial charge in [0.1, 0.15) is 5.75 Å². The molecule has 45 heavy (non-hydrogen) atoms. The lowest BCUT2D eigenvalue weighted by molar-refractivity contribution is 0.415. The van der Waals surface area contributed by atoms with Gasteiger partial charge in [-0.05, 0) is 71.3 Å². The van der Waals surface area contributed by atoms with Crippen molar-refractivity contribution in [2.75, 3.05) is 12.0 Å². The average Bonchev–Trinajstić information content (AvgIpc) is 3.09. The highest BCUT2D eigenvalue weighted by atomic mass is 16.5. The van der Waals surface area contributed by atoms with Crippen LogP contribution in [0.25, 0.3) is 28.5 Å². The molecule has 0 aliphatic heterocycles. The molecule has 220 valence electrons. The van der Waals surface area contributed by atoms with E-state index in [1.807, 2.05) is 12.1 Å².